The zero-order valence-electron chi connectivity index (χ0n) is 43.4. The van der Waals surface area contributed by atoms with Crippen LogP contribution in [0, 0.1) is 13.5 Å². The van der Waals surface area contributed by atoms with Crippen LogP contribution in [0.3, 0.4) is 0 Å². The average molecular weight is 1110 g/mol. The molecule has 13 rings (SSSR count). The number of para-hydroxylation sites is 2. The Morgan fingerprint density at radius 2 is 0.831 bits per heavy atom. The molecule has 0 saturated carbocycles. The molecular weight excluding hydrogens is 1070 g/mol. The Labute approximate surface area is 467 Å². The van der Waals surface area contributed by atoms with Crippen molar-refractivity contribution in [1.29, 1.82) is 0 Å². The lowest BCUT2D eigenvalue weighted by atomic mass is 9.95. The summed E-state index contributed by atoms with van der Waals surface area (Å²) in [5.41, 5.74) is 3.35. The molecule has 0 unspecified atom stereocenters. The molecular formula is C68H39F9N6. The van der Waals surface area contributed by atoms with Crippen LogP contribution in [0.5, 0.6) is 0 Å². The second kappa shape index (κ2) is 19.7. The van der Waals surface area contributed by atoms with E-state index in [0.29, 0.717) is 101 Å². The normalized spacial score (nSPS) is 12.2. The SMILES string of the molecule is [C-]#[N+]c1cccc(-n2c3ccccc3c3cc(-c4ccc(C(F)(F)F)cc4C(F)(F)F)ccc32)c1-c1cc(-c2nc(-c3ccccc3)nc(-c3ccccc3)n2)ccc1-n1c2ccccc2c2cc(-c3ccc(C)cc3C(F)(F)F)ccc21. The minimum atomic E-state index is -5.13. The molecule has 0 spiro atoms. The predicted octanol–water partition coefficient (Wildman–Crippen LogP) is 20.0. The van der Waals surface area contributed by atoms with Crippen LogP contribution in [0.15, 0.2) is 218 Å². The first-order valence-electron chi connectivity index (χ1n) is 26.0. The zero-order chi connectivity index (χ0) is 57.5. The number of aryl methyl sites for hydroxylation is 1. The van der Waals surface area contributed by atoms with E-state index in [-0.39, 0.29) is 22.9 Å². The molecule has 13 aromatic rings. The van der Waals surface area contributed by atoms with Crippen molar-refractivity contribution in [2.75, 3.05) is 0 Å². The van der Waals surface area contributed by atoms with Crippen molar-refractivity contribution in [2.45, 2.75) is 25.5 Å². The quantitative estimate of drug-likeness (QED) is 0.113. The van der Waals surface area contributed by atoms with E-state index in [4.69, 9.17) is 21.5 Å². The monoisotopic (exact) mass is 1110 g/mol. The fraction of sp³-hybridized carbons (Fsp3) is 0.0588. The van der Waals surface area contributed by atoms with Crippen LogP contribution in [-0.2, 0) is 18.5 Å². The lowest BCUT2D eigenvalue weighted by molar-refractivity contribution is -0.143. The molecule has 15 heteroatoms. The largest absolute Gasteiger partial charge is 0.417 e. The van der Waals surface area contributed by atoms with E-state index < -0.39 is 40.8 Å². The van der Waals surface area contributed by atoms with Gasteiger partial charge in [-0.2, -0.15) is 39.5 Å². The zero-order valence-corrected chi connectivity index (χ0v) is 43.4. The van der Waals surface area contributed by atoms with Gasteiger partial charge in [-0.1, -0.05) is 145 Å². The van der Waals surface area contributed by atoms with E-state index in [9.17, 15) is 39.5 Å². The summed E-state index contributed by atoms with van der Waals surface area (Å²) in [6, 6.07) is 60.2. The Morgan fingerprint density at radius 3 is 1.36 bits per heavy atom. The maximum atomic E-state index is 14.7. The van der Waals surface area contributed by atoms with Gasteiger partial charge in [0.15, 0.2) is 23.2 Å². The van der Waals surface area contributed by atoms with Crippen LogP contribution in [-0.4, -0.2) is 24.1 Å². The highest BCUT2D eigenvalue weighted by Gasteiger charge is 2.39. The number of fused-ring (bicyclic) bond motifs is 6. The minimum Gasteiger partial charge on any atom is -0.310 e. The van der Waals surface area contributed by atoms with E-state index in [1.54, 1.807) is 67.6 Å². The molecule has 6 nitrogen and oxygen atoms in total. The van der Waals surface area contributed by atoms with Crippen LogP contribution in [0.2, 0.25) is 0 Å². The molecule has 0 bridgehead atoms. The highest BCUT2D eigenvalue weighted by atomic mass is 19.4. The number of halogens is 9. The predicted molar refractivity (Wildman–Crippen MR) is 307 cm³/mol. The van der Waals surface area contributed by atoms with Gasteiger partial charge < -0.3 is 9.13 Å². The second-order valence-corrected chi connectivity index (χ2v) is 20.0. The van der Waals surface area contributed by atoms with Gasteiger partial charge in [-0.05, 0) is 114 Å². The van der Waals surface area contributed by atoms with Crippen molar-refractivity contribution in [3.63, 3.8) is 0 Å². The van der Waals surface area contributed by atoms with Crippen LogP contribution >= 0.6 is 0 Å². The number of hydrogen-bond acceptors (Lipinski definition) is 3. The molecule has 0 atom stereocenters. The Morgan fingerprint density at radius 1 is 0.361 bits per heavy atom. The highest BCUT2D eigenvalue weighted by molar-refractivity contribution is 6.13. The molecule has 0 fully saturated rings. The molecule has 0 aliphatic carbocycles. The van der Waals surface area contributed by atoms with Crippen molar-refractivity contribution >= 4 is 49.3 Å². The summed E-state index contributed by atoms with van der Waals surface area (Å²) < 4.78 is 134. The third-order valence-electron chi connectivity index (χ3n) is 14.9. The molecule has 404 valence electrons. The number of alkyl halides is 9. The first-order valence-corrected chi connectivity index (χ1v) is 26.0. The van der Waals surface area contributed by atoms with Gasteiger partial charge in [-0.3, -0.25) is 0 Å². The van der Waals surface area contributed by atoms with E-state index in [1.807, 2.05) is 124 Å². The number of rotatable bonds is 8. The fourth-order valence-electron chi connectivity index (χ4n) is 11.2. The summed E-state index contributed by atoms with van der Waals surface area (Å²) in [7, 11) is 0. The number of benzene rings is 10. The lowest BCUT2D eigenvalue weighted by Gasteiger charge is -2.21. The molecule has 0 amide bonds. The molecule has 3 heterocycles. The molecule has 0 aliphatic rings. The van der Waals surface area contributed by atoms with Gasteiger partial charge in [0.25, 0.3) is 0 Å². The molecule has 0 aliphatic heterocycles. The third-order valence-corrected chi connectivity index (χ3v) is 14.9. The Hall–Kier alpha value is -10.3. The summed E-state index contributed by atoms with van der Waals surface area (Å²) >= 11 is 0. The Bertz CT molecular complexity index is 4720. The van der Waals surface area contributed by atoms with Crippen LogP contribution in [0.25, 0.3) is 127 Å². The van der Waals surface area contributed by atoms with E-state index in [0.717, 1.165) is 28.6 Å². The van der Waals surface area contributed by atoms with Crippen molar-refractivity contribution in [3.05, 3.63) is 252 Å². The van der Waals surface area contributed by atoms with Gasteiger partial charge in [0.1, 0.15) is 0 Å². The first kappa shape index (κ1) is 52.1. The van der Waals surface area contributed by atoms with Crippen LogP contribution < -0.4 is 0 Å². The van der Waals surface area contributed by atoms with E-state index in [2.05, 4.69) is 4.85 Å². The highest BCUT2D eigenvalue weighted by Crippen LogP contribution is 2.48. The number of nitrogens with zero attached hydrogens (tertiary/aromatic N) is 6. The Balaban J connectivity index is 1.10. The summed E-state index contributed by atoms with van der Waals surface area (Å²) in [5.74, 6) is 1.08. The maximum Gasteiger partial charge on any atom is 0.417 e. The molecule has 3 aromatic heterocycles. The minimum absolute atomic E-state index is 0.0167. The molecule has 0 N–H and O–H groups in total. The third kappa shape index (κ3) is 9.18. The van der Waals surface area contributed by atoms with Crippen LogP contribution in [0.1, 0.15) is 22.3 Å². The van der Waals surface area contributed by atoms with Crippen molar-refractivity contribution in [1.82, 2.24) is 24.1 Å². The van der Waals surface area contributed by atoms with Crippen molar-refractivity contribution in [2.24, 2.45) is 0 Å². The average Bonchev–Trinajstić information content (AvgIpc) is 2.53. The molecule has 83 heavy (non-hydrogen) atoms. The molecule has 0 radical (unpaired) electrons. The first-order chi connectivity index (χ1) is 39.9. The van der Waals surface area contributed by atoms with Crippen LogP contribution in [0.4, 0.5) is 45.2 Å². The smallest absolute Gasteiger partial charge is 0.310 e. The summed E-state index contributed by atoms with van der Waals surface area (Å²) in [4.78, 5) is 19.2. The van der Waals surface area contributed by atoms with Crippen molar-refractivity contribution < 1.29 is 39.5 Å². The summed E-state index contributed by atoms with van der Waals surface area (Å²) in [6.45, 7) is 10.4. The number of aromatic nitrogens is 5. The second-order valence-electron chi connectivity index (χ2n) is 20.0. The molecule has 0 saturated heterocycles. The standard InChI is InChI=1S/C68H39F9N6/c1-39-24-29-46(53(34-39)67(72,73)74)42-25-31-58-50(35-42)48-18-9-11-21-56(48)82(58)60-33-27-44(65-80-63(40-14-5-3-6-15-40)79-64(81-65)41-16-7-4-8-17-41)37-52(60)62-55(78-2)20-13-23-61(62)83-57-22-12-10-19-49(57)51-36-43(26-32-59(51)83)47-30-28-45(66(69,70)71)38-54(47)68(75,76)77/h3-38H,1H3. The number of hydrogen-bond donors (Lipinski definition) is 0. The lowest BCUT2D eigenvalue weighted by Crippen LogP contribution is -2.12. The van der Waals surface area contributed by atoms with Crippen molar-refractivity contribution in [3.8, 4) is 78.9 Å². The summed E-state index contributed by atoms with van der Waals surface area (Å²) in [5, 5.41) is 2.46. The van der Waals surface area contributed by atoms with Gasteiger partial charge in [-0.15, -0.1) is 0 Å². The fourth-order valence-corrected chi connectivity index (χ4v) is 11.2. The van der Waals surface area contributed by atoms with Gasteiger partial charge >= 0.3 is 18.5 Å². The van der Waals surface area contributed by atoms with E-state index in [1.165, 1.54) is 18.2 Å². The van der Waals surface area contributed by atoms with Gasteiger partial charge in [0.2, 0.25) is 0 Å². The summed E-state index contributed by atoms with van der Waals surface area (Å²) in [6.07, 6.45) is -14.8. The van der Waals surface area contributed by atoms with Gasteiger partial charge in [0.05, 0.1) is 51.0 Å². The maximum absolute atomic E-state index is 14.7. The topological polar surface area (TPSA) is 52.9 Å². The molecule has 10 aromatic carbocycles. The van der Waals surface area contributed by atoms with Gasteiger partial charge in [-0.25, -0.2) is 19.8 Å². The van der Waals surface area contributed by atoms with Gasteiger partial charge in [0, 0.05) is 49.5 Å². The van der Waals surface area contributed by atoms with E-state index >= 15 is 0 Å². The Kier molecular flexibility index (Phi) is 12.4.